The smallest absolute Gasteiger partial charge is 0.228 e. The lowest BCUT2D eigenvalue weighted by Gasteiger charge is -2.07. The van der Waals surface area contributed by atoms with E-state index in [0.717, 1.165) is 22.2 Å². The Kier molecular flexibility index (Phi) is 5.07. The van der Waals surface area contributed by atoms with Crippen LogP contribution in [0.4, 0.5) is 11.4 Å². The number of carbonyl (C=O) groups is 2. The molecule has 0 radical (unpaired) electrons. The van der Waals surface area contributed by atoms with E-state index in [1.165, 1.54) is 6.92 Å². The fourth-order valence-corrected chi connectivity index (χ4v) is 2.99. The molecule has 1 heterocycles. The molecule has 0 atom stereocenters. The van der Waals surface area contributed by atoms with Gasteiger partial charge in [-0.2, -0.15) is 0 Å². The molecule has 0 unspecified atom stereocenters. The molecule has 0 aliphatic heterocycles. The molecule has 0 fully saturated rings. The molecule has 6 nitrogen and oxygen atoms in total. The van der Waals surface area contributed by atoms with Gasteiger partial charge in [-0.15, -0.1) is 0 Å². The summed E-state index contributed by atoms with van der Waals surface area (Å²) in [6, 6.07) is 22.2. The van der Waals surface area contributed by atoms with Gasteiger partial charge in [-0.3, -0.25) is 9.59 Å². The Morgan fingerprint density at radius 2 is 1.52 bits per heavy atom. The second kappa shape index (κ2) is 7.98. The fraction of sp³-hybridized carbons (Fsp3) is 0.0870. The van der Waals surface area contributed by atoms with Crippen LogP contribution in [0.5, 0.6) is 0 Å². The second-order valence-corrected chi connectivity index (χ2v) is 6.67. The lowest BCUT2D eigenvalue weighted by molar-refractivity contribution is -0.116. The number of rotatable bonds is 5. The van der Waals surface area contributed by atoms with Crippen molar-refractivity contribution in [2.75, 3.05) is 10.6 Å². The molecule has 0 aliphatic carbocycles. The lowest BCUT2D eigenvalue weighted by atomic mass is 10.1. The summed E-state index contributed by atoms with van der Waals surface area (Å²) in [6.07, 6.45) is 0.243. The average Bonchev–Trinajstić information content (AvgIpc) is 3.14. The minimum absolute atomic E-state index is 0.119. The van der Waals surface area contributed by atoms with Gasteiger partial charge < -0.3 is 15.1 Å². The number of benzene rings is 3. The van der Waals surface area contributed by atoms with Crippen molar-refractivity contribution in [1.82, 2.24) is 4.98 Å². The molecule has 6 heteroatoms. The number of amides is 2. The van der Waals surface area contributed by atoms with Gasteiger partial charge in [0.15, 0.2) is 5.58 Å². The van der Waals surface area contributed by atoms with Crippen LogP contribution in [0.25, 0.3) is 22.6 Å². The highest BCUT2D eigenvalue weighted by atomic mass is 16.3. The molecule has 4 rings (SSSR count). The molecule has 0 bridgehead atoms. The van der Waals surface area contributed by atoms with Crippen molar-refractivity contribution in [1.29, 1.82) is 0 Å². The highest BCUT2D eigenvalue weighted by molar-refractivity contribution is 5.93. The number of para-hydroxylation sites is 2. The number of hydrogen-bond acceptors (Lipinski definition) is 4. The summed E-state index contributed by atoms with van der Waals surface area (Å²) >= 11 is 0. The number of carbonyl (C=O) groups excluding carboxylic acids is 2. The molecular formula is C23H19N3O3. The van der Waals surface area contributed by atoms with Gasteiger partial charge in [-0.25, -0.2) is 4.98 Å². The van der Waals surface area contributed by atoms with Crippen LogP contribution in [0.3, 0.4) is 0 Å². The van der Waals surface area contributed by atoms with Crippen LogP contribution >= 0.6 is 0 Å². The maximum absolute atomic E-state index is 12.3. The largest absolute Gasteiger partial charge is 0.436 e. The number of oxazole rings is 1. The number of fused-ring (bicyclic) bond motifs is 1. The Morgan fingerprint density at radius 1 is 0.862 bits per heavy atom. The zero-order chi connectivity index (χ0) is 20.2. The van der Waals surface area contributed by atoms with Gasteiger partial charge in [0.2, 0.25) is 17.7 Å². The number of aromatic nitrogens is 1. The molecular weight excluding hydrogens is 366 g/mol. The summed E-state index contributed by atoms with van der Waals surface area (Å²) < 4.78 is 5.76. The van der Waals surface area contributed by atoms with Crippen LogP contribution in [-0.4, -0.2) is 16.8 Å². The van der Waals surface area contributed by atoms with Gasteiger partial charge in [-0.05, 0) is 54.1 Å². The van der Waals surface area contributed by atoms with E-state index in [1.54, 1.807) is 12.1 Å². The SMILES string of the molecule is CC(=O)Nc1ccc(CC(=O)Nc2ccc(-c3nc4ccccc4o3)cc2)cc1. The van der Waals surface area contributed by atoms with Crippen LogP contribution in [-0.2, 0) is 16.0 Å². The molecule has 2 N–H and O–H groups in total. The summed E-state index contributed by atoms with van der Waals surface area (Å²) in [5.74, 6) is 0.298. The maximum atomic E-state index is 12.3. The van der Waals surface area contributed by atoms with Crippen LogP contribution in [0, 0.1) is 0 Å². The highest BCUT2D eigenvalue weighted by Crippen LogP contribution is 2.25. The first-order valence-electron chi connectivity index (χ1n) is 9.19. The van der Waals surface area contributed by atoms with Crippen LogP contribution in [0.15, 0.2) is 77.2 Å². The standard InChI is InChI=1S/C23H19N3O3/c1-15(27)24-18-10-6-16(7-11-18)14-22(28)25-19-12-8-17(9-13-19)23-26-20-4-2-3-5-21(20)29-23/h2-13H,14H2,1H3,(H,24,27)(H,25,28). The van der Waals surface area contributed by atoms with Crippen molar-refractivity contribution in [3.8, 4) is 11.5 Å². The third-order valence-corrected chi connectivity index (χ3v) is 4.35. The van der Waals surface area contributed by atoms with Crippen LogP contribution in [0.2, 0.25) is 0 Å². The van der Waals surface area contributed by atoms with Gasteiger partial charge in [-0.1, -0.05) is 24.3 Å². The zero-order valence-corrected chi connectivity index (χ0v) is 15.8. The third kappa shape index (κ3) is 4.50. The minimum atomic E-state index is -0.128. The Morgan fingerprint density at radius 3 is 2.21 bits per heavy atom. The number of nitrogens with zero attached hydrogens (tertiary/aromatic N) is 1. The molecule has 4 aromatic rings. The normalized spacial score (nSPS) is 10.7. The van der Waals surface area contributed by atoms with Crippen LogP contribution in [0.1, 0.15) is 12.5 Å². The van der Waals surface area contributed by atoms with E-state index in [2.05, 4.69) is 15.6 Å². The van der Waals surface area contributed by atoms with E-state index in [1.807, 2.05) is 60.7 Å². The van der Waals surface area contributed by atoms with E-state index in [0.29, 0.717) is 17.3 Å². The number of hydrogen-bond donors (Lipinski definition) is 2. The van der Waals surface area contributed by atoms with E-state index in [9.17, 15) is 9.59 Å². The van der Waals surface area contributed by atoms with E-state index < -0.39 is 0 Å². The first-order chi connectivity index (χ1) is 14.1. The first kappa shape index (κ1) is 18.4. The predicted molar refractivity (Wildman–Crippen MR) is 113 cm³/mol. The lowest BCUT2D eigenvalue weighted by Crippen LogP contribution is -2.14. The molecule has 3 aromatic carbocycles. The summed E-state index contributed by atoms with van der Waals surface area (Å²) in [4.78, 5) is 27.8. The summed E-state index contributed by atoms with van der Waals surface area (Å²) in [5.41, 5.74) is 4.66. The molecule has 0 saturated heterocycles. The van der Waals surface area contributed by atoms with Gasteiger partial charge in [0.05, 0.1) is 6.42 Å². The van der Waals surface area contributed by atoms with E-state index >= 15 is 0 Å². The number of anilines is 2. The topological polar surface area (TPSA) is 84.2 Å². The zero-order valence-electron chi connectivity index (χ0n) is 15.8. The minimum Gasteiger partial charge on any atom is -0.436 e. The molecule has 1 aromatic heterocycles. The number of nitrogens with one attached hydrogen (secondary N) is 2. The maximum Gasteiger partial charge on any atom is 0.228 e. The summed E-state index contributed by atoms with van der Waals surface area (Å²) in [7, 11) is 0. The van der Waals surface area contributed by atoms with E-state index in [-0.39, 0.29) is 18.2 Å². The fourth-order valence-electron chi connectivity index (χ4n) is 2.99. The monoisotopic (exact) mass is 385 g/mol. The van der Waals surface area contributed by atoms with E-state index in [4.69, 9.17) is 4.42 Å². The van der Waals surface area contributed by atoms with Crippen molar-refractivity contribution >= 4 is 34.3 Å². The van der Waals surface area contributed by atoms with Crippen molar-refractivity contribution in [3.63, 3.8) is 0 Å². The van der Waals surface area contributed by atoms with Crippen molar-refractivity contribution in [2.45, 2.75) is 13.3 Å². The van der Waals surface area contributed by atoms with Crippen molar-refractivity contribution < 1.29 is 14.0 Å². The molecule has 29 heavy (non-hydrogen) atoms. The van der Waals surface area contributed by atoms with Gasteiger partial charge in [0, 0.05) is 23.9 Å². The molecule has 2 amide bonds. The van der Waals surface area contributed by atoms with Crippen molar-refractivity contribution in [3.05, 3.63) is 78.4 Å². The molecule has 0 aliphatic rings. The second-order valence-electron chi connectivity index (χ2n) is 6.67. The van der Waals surface area contributed by atoms with Gasteiger partial charge >= 0.3 is 0 Å². The molecule has 0 saturated carbocycles. The Bertz CT molecular complexity index is 1130. The Balaban J connectivity index is 1.39. The predicted octanol–water partition coefficient (Wildman–Crippen LogP) is 4.63. The Hall–Kier alpha value is -3.93. The third-order valence-electron chi connectivity index (χ3n) is 4.35. The average molecular weight is 385 g/mol. The quantitative estimate of drug-likeness (QED) is 0.524. The summed E-state index contributed by atoms with van der Waals surface area (Å²) in [5, 5.41) is 5.58. The molecule has 0 spiro atoms. The van der Waals surface area contributed by atoms with Gasteiger partial charge in [0.1, 0.15) is 5.52 Å². The van der Waals surface area contributed by atoms with Gasteiger partial charge in [0.25, 0.3) is 0 Å². The Labute approximate surface area is 167 Å². The van der Waals surface area contributed by atoms with Crippen molar-refractivity contribution in [2.24, 2.45) is 0 Å². The summed E-state index contributed by atoms with van der Waals surface area (Å²) in [6.45, 7) is 1.46. The van der Waals surface area contributed by atoms with Crippen LogP contribution < -0.4 is 10.6 Å². The highest BCUT2D eigenvalue weighted by Gasteiger charge is 2.09. The molecule has 144 valence electrons. The first-order valence-corrected chi connectivity index (χ1v) is 9.19.